The Bertz CT molecular complexity index is 756. The van der Waals surface area contributed by atoms with Crippen LogP contribution in [-0.2, 0) is 6.54 Å². The third kappa shape index (κ3) is 5.13. The van der Waals surface area contributed by atoms with E-state index in [-0.39, 0.29) is 5.91 Å². The number of hydrogen-bond acceptors (Lipinski definition) is 4. The lowest BCUT2D eigenvalue weighted by Crippen LogP contribution is -3.10. The van der Waals surface area contributed by atoms with E-state index in [0.717, 1.165) is 42.2 Å². The standard InChI is InChI=1S/C20H26N4O2/c1-5-24(6-2)14-17-13-16(10-11-19(17)26-4)15(3)22-23-20(25)18-9-7-8-12-21-18/h7-13H,5-6,14H2,1-4H3,(H,23,25)/p+1/b22-15-. The van der Waals surface area contributed by atoms with Crippen LogP contribution in [0.2, 0.25) is 0 Å². The fraction of sp³-hybridized carbons (Fsp3) is 0.350. The second-order valence-corrected chi connectivity index (χ2v) is 6.01. The second-order valence-electron chi connectivity index (χ2n) is 6.01. The number of benzene rings is 1. The first-order chi connectivity index (χ1) is 12.6. The van der Waals surface area contributed by atoms with Gasteiger partial charge in [0.15, 0.2) is 0 Å². The van der Waals surface area contributed by atoms with Crippen LogP contribution in [0.25, 0.3) is 0 Å². The highest BCUT2D eigenvalue weighted by Crippen LogP contribution is 2.19. The van der Waals surface area contributed by atoms with Gasteiger partial charge in [-0.2, -0.15) is 5.10 Å². The zero-order valence-corrected chi connectivity index (χ0v) is 15.9. The second kappa shape index (κ2) is 9.68. The highest BCUT2D eigenvalue weighted by Gasteiger charge is 2.12. The summed E-state index contributed by atoms with van der Waals surface area (Å²) in [4.78, 5) is 17.6. The van der Waals surface area contributed by atoms with Crippen molar-refractivity contribution in [1.29, 1.82) is 0 Å². The first-order valence-corrected chi connectivity index (χ1v) is 8.85. The normalized spacial score (nSPS) is 11.5. The molecule has 2 N–H and O–H groups in total. The van der Waals surface area contributed by atoms with Gasteiger partial charge < -0.3 is 9.64 Å². The first kappa shape index (κ1) is 19.6. The van der Waals surface area contributed by atoms with E-state index in [4.69, 9.17) is 4.74 Å². The van der Waals surface area contributed by atoms with Crippen molar-refractivity contribution < 1.29 is 14.4 Å². The molecule has 1 aromatic carbocycles. The summed E-state index contributed by atoms with van der Waals surface area (Å²) in [6.45, 7) is 9.21. The Balaban J connectivity index is 2.17. The number of nitrogens with one attached hydrogen (secondary N) is 2. The number of carbonyl (C=O) groups excluding carboxylic acids is 1. The Morgan fingerprint density at radius 1 is 1.23 bits per heavy atom. The maximum atomic E-state index is 12.1. The Morgan fingerprint density at radius 3 is 2.62 bits per heavy atom. The van der Waals surface area contributed by atoms with E-state index in [1.165, 1.54) is 4.90 Å². The van der Waals surface area contributed by atoms with E-state index in [1.54, 1.807) is 31.5 Å². The lowest BCUT2D eigenvalue weighted by atomic mass is 10.1. The monoisotopic (exact) mass is 355 g/mol. The van der Waals surface area contributed by atoms with Crippen LogP contribution in [0.1, 0.15) is 42.4 Å². The van der Waals surface area contributed by atoms with Crippen LogP contribution in [-0.4, -0.2) is 36.8 Å². The number of ether oxygens (including phenoxy) is 1. The predicted molar refractivity (Wildman–Crippen MR) is 103 cm³/mol. The molecule has 1 amide bonds. The highest BCUT2D eigenvalue weighted by molar-refractivity contribution is 6.00. The number of methoxy groups -OCH3 is 1. The van der Waals surface area contributed by atoms with Gasteiger partial charge in [-0.25, -0.2) is 5.43 Å². The van der Waals surface area contributed by atoms with Crippen LogP contribution < -0.4 is 15.1 Å². The summed E-state index contributed by atoms with van der Waals surface area (Å²) in [5.41, 5.74) is 5.71. The van der Waals surface area contributed by atoms with Gasteiger partial charge in [0, 0.05) is 11.8 Å². The average Bonchev–Trinajstić information content (AvgIpc) is 2.70. The van der Waals surface area contributed by atoms with Crippen LogP contribution >= 0.6 is 0 Å². The van der Waals surface area contributed by atoms with E-state index in [2.05, 4.69) is 35.4 Å². The van der Waals surface area contributed by atoms with Crippen LogP contribution in [0.15, 0.2) is 47.7 Å². The number of amides is 1. The number of pyridine rings is 1. The molecule has 26 heavy (non-hydrogen) atoms. The molecular formula is C20H27N4O2+. The van der Waals surface area contributed by atoms with Gasteiger partial charge in [-0.05, 0) is 56.7 Å². The molecule has 1 heterocycles. The molecule has 138 valence electrons. The zero-order chi connectivity index (χ0) is 18.9. The van der Waals surface area contributed by atoms with Gasteiger partial charge in [0.2, 0.25) is 0 Å². The van der Waals surface area contributed by atoms with Crippen molar-refractivity contribution in [2.45, 2.75) is 27.3 Å². The molecule has 0 aliphatic rings. The molecule has 0 fully saturated rings. The number of aromatic nitrogens is 1. The van der Waals surface area contributed by atoms with Crippen molar-refractivity contribution in [2.24, 2.45) is 5.10 Å². The average molecular weight is 355 g/mol. The Hall–Kier alpha value is -2.73. The number of quaternary nitrogens is 1. The van der Waals surface area contributed by atoms with Crippen molar-refractivity contribution in [3.05, 3.63) is 59.4 Å². The summed E-state index contributed by atoms with van der Waals surface area (Å²) in [5.74, 6) is 0.546. The molecule has 0 saturated heterocycles. The topological polar surface area (TPSA) is 68.0 Å². The highest BCUT2D eigenvalue weighted by atomic mass is 16.5. The molecule has 1 aromatic heterocycles. The molecular weight excluding hydrogens is 328 g/mol. The summed E-state index contributed by atoms with van der Waals surface area (Å²) in [5, 5.41) is 4.22. The SMILES string of the molecule is CC[NH+](CC)Cc1cc(/C(C)=N\NC(=O)c2ccccn2)ccc1OC. The molecule has 0 radical (unpaired) electrons. The molecule has 6 nitrogen and oxygen atoms in total. The molecule has 0 aliphatic carbocycles. The van der Waals surface area contributed by atoms with E-state index >= 15 is 0 Å². The Kier molecular flexibility index (Phi) is 7.29. The molecule has 2 aromatic rings. The van der Waals surface area contributed by atoms with Crippen molar-refractivity contribution in [3.63, 3.8) is 0 Å². The molecule has 0 spiro atoms. The van der Waals surface area contributed by atoms with Gasteiger partial charge in [0.25, 0.3) is 5.91 Å². The minimum Gasteiger partial charge on any atom is -0.496 e. The summed E-state index contributed by atoms with van der Waals surface area (Å²) < 4.78 is 5.49. The number of hydrogen-bond donors (Lipinski definition) is 2. The fourth-order valence-electron chi connectivity index (χ4n) is 2.66. The molecule has 2 rings (SSSR count). The van der Waals surface area contributed by atoms with E-state index in [9.17, 15) is 4.79 Å². The van der Waals surface area contributed by atoms with Crippen LogP contribution in [0.5, 0.6) is 5.75 Å². The number of nitrogens with zero attached hydrogens (tertiary/aromatic N) is 2. The van der Waals surface area contributed by atoms with Gasteiger partial charge in [-0.3, -0.25) is 9.78 Å². The van der Waals surface area contributed by atoms with Gasteiger partial charge in [0.05, 0.1) is 25.9 Å². The molecule has 0 unspecified atom stereocenters. The fourth-order valence-corrected chi connectivity index (χ4v) is 2.66. The molecule has 0 saturated carbocycles. The lowest BCUT2D eigenvalue weighted by molar-refractivity contribution is -0.910. The maximum absolute atomic E-state index is 12.1. The third-order valence-electron chi connectivity index (χ3n) is 4.36. The number of carbonyl (C=O) groups is 1. The molecule has 6 heteroatoms. The lowest BCUT2D eigenvalue weighted by Gasteiger charge is -2.18. The third-order valence-corrected chi connectivity index (χ3v) is 4.36. The van der Waals surface area contributed by atoms with E-state index < -0.39 is 0 Å². The van der Waals surface area contributed by atoms with Crippen molar-refractivity contribution >= 4 is 11.6 Å². The van der Waals surface area contributed by atoms with E-state index in [1.807, 2.05) is 19.1 Å². The van der Waals surface area contributed by atoms with E-state index in [0.29, 0.717) is 5.69 Å². The number of rotatable bonds is 8. The Labute approximate surface area is 154 Å². The minimum absolute atomic E-state index is 0.328. The smallest absolute Gasteiger partial charge is 0.289 e. The van der Waals surface area contributed by atoms with Gasteiger partial charge in [-0.1, -0.05) is 6.07 Å². The minimum atomic E-state index is -0.328. The quantitative estimate of drug-likeness (QED) is 0.559. The summed E-state index contributed by atoms with van der Waals surface area (Å²) in [6.07, 6.45) is 1.58. The van der Waals surface area contributed by atoms with Crippen molar-refractivity contribution in [3.8, 4) is 5.75 Å². The Morgan fingerprint density at radius 2 is 2.00 bits per heavy atom. The summed E-state index contributed by atoms with van der Waals surface area (Å²) in [6, 6.07) is 11.2. The first-order valence-electron chi connectivity index (χ1n) is 8.85. The molecule has 0 bridgehead atoms. The van der Waals surface area contributed by atoms with Gasteiger partial charge in [0.1, 0.15) is 18.0 Å². The maximum Gasteiger partial charge on any atom is 0.289 e. The summed E-state index contributed by atoms with van der Waals surface area (Å²) in [7, 11) is 1.68. The summed E-state index contributed by atoms with van der Waals surface area (Å²) >= 11 is 0. The predicted octanol–water partition coefficient (Wildman–Crippen LogP) is 1.67. The molecule has 0 aliphatic heterocycles. The van der Waals surface area contributed by atoms with Gasteiger partial charge in [-0.15, -0.1) is 0 Å². The van der Waals surface area contributed by atoms with Gasteiger partial charge >= 0.3 is 0 Å². The van der Waals surface area contributed by atoms with Crippen molar-refractivity contribution in [1.82, 2.24) is 10.4 Å². The van der Waals surface area contributed by atoms with Crippen LogP contribution in [0.3, 0.4) is 0 Å². The number of hydrazone groups is 1. The van der Waals surface area contributed by atoms with Crippen LogP contribution in [0, 0.1) is 0 Å². The largest absolute Gasteiger partial charge is 0.496 e. The molecule has 0 atom stereocenters. The zero-order valence-electron chi connectivity index (χ0n) is 15.9. The van der Waals surface area contributed by atoms with Crippen molar-refractivity contribution in [2.75, 3.05) is 20.2 Å². The van der Waals surface area contributed by atoms with Crippen LogP contribution in [0.4, 0.5) is 0 Å².